The minimum absolute atomic E-state index is 0.279. The minimum Gasteiger partial charge on any atom is -0.251 e. The van der Waals surface area contributed by atoms with E-state index >= 15 is 0 Å². The van der Waals surface area contributed by atoms with Crippen molar-refractivity contribution in [1.82, 2.24) is 14.8 Å². The zero-order valence-corrected chi connectivity index (χ0v) is 14.2. The molecule has 6 heteroatoms. The SMILES string of the molecule is N#CC(CCc1cccc(F)c1)(Cn1cncn1)c1cccc(Cl)c1. The lowest BCUT2D eigenvalue weighted by molar-refractivity contribution is 0.401. The number of aromatic nitrogens is 3. The molecule has 0 bridgehead atoms. The highest BCUT2D eigenvalue weighted by molar-refractivity contribution is 6.30. The summed E-state index contributed by atoms with van der Waals surface area (Å²) in [5.74, 6) is -0.279. The third-order valence-electron chi connectivity index (χ3n) is 4.22. The molecule has 1 aromatic heterocycles. The van der Waals surface area contributed by atoms with Gasteiger partial charge in [0.25, 0.3) is 0 Å². The monoisotopic (exact) mass is 354 g/mol. The predicted molar refractivity (Wildman–Crippen MR) is 93.5 cm³/mol. The van der Waals surface area contributed by atoms with Gasteiger partial charge >= 0.3 is 0 Å². The quantitative estimate of drug-likeness (QED) is 0.667. The summed E-state index contributed by atoms with van der Waals surface area (Å²) in [6.07, 6.45) is 4.09. The van der Waals surface area contributed by atoms with Gasteiger partial charge < -0.3 is 0 Å². The van der Waals surface area contributed by atoms with Gasteiger partial charge in [-0.3, -0.25) is 4.68 Å². The molecule has 0 amide bonds. The van der Waals surface area contributed by atoms with Crippen LogP contribution in [0.15, 0.2) is 61.2 Å². The Morgan fingerprint density at radius 1 is 1.20 bits per heavy atom. The fraction of sp³-hybridized carbons (Fsp3) is 0.211. The number of hydrogen-bond acceptors (Lipinski definition) is 3. The Hall–Kier alpha value is -2.71. The maximum Gasteiger partial charge on any atom is 0.137 e. The van der Waals surface area contributed by atoms with Gasteiger partial charge in [0.1, 0.15) is 23.9 Å². The number of benzene rings is 2. The van der Waals surface area contributed by atoms with Crippen LogP contribution in [0.5, 0.6) is 0 Å². The molecule has 2 aromatic carbocycles. The summed E-state index contributed by atoms with van der Waals surface area (Å²) in [5, 5.41) is 14.7. The normalized spacial score (nSPS) is 13.2. The third kappa shape index (κ3) is 4.04. The topological polar surface area (TPSA) is 54.5 Å². The molecule has 25 heavy (non-hydrogen) atoms. The molecular weight excluding hydrogens is 339 g/mol. The Morgan fingerprint density at radius 3 is 2.72 bits per heavy atom. The number of nitrogens with zero attached hydrogens (tertiary/aromatic N) is 4. The standard InChI is InChI=1S/C19H16ClFN4/c20-17-5-2-4-16(10-17)19(11-22,12-25-14-23-13-24-25)8-7-15-3-1-6-18(21)9-15/h1-6,9-10,13-14H,7-8,12H2. The summed E-state index contributed by atoms with van der Waals surface area (Å²) in [4.78, 5) is 3.95. The van der Waals surface area contributed by atoms with E-state index in [0.717, 1.165) is 11.1 Å². The van der Waals surface area contributed by atoms with Crippen LogP contribution in [0, 0.1) is 17.1 Å². The van der Waals surface area contributed by atoms with Gasteiger partial charge in [-0.1, -0.05) is 35.9 Å². The summed E-state index contributed by atoms with van der Waals surface area (Å²) in [6.45, 7) is 0.346. The van der Waals surface area contributed by atoms with Crippen molar-refractivity contribution in [2.24, 2.45) is 0 Å². The summed E-state index contributed by atoms with van der Waals surface area (Å²) in [7, 11) is 0. The lowest BCUT2D eigenvalue weighted by Crippen LogP contribution is -2.31. The van der Waals surface area contributed by atoms with Crippen LogP contribution in [0.4, 0.5) is 4.39 Å². The maximum absolute atomic E-state index is 13.4. The Kier molecular flexibility index (Phi) is 5.11. The van der Waals surface area contributed by atoms with Crippen molar-refractivity contribution in [2.45, 2.75) is 24.8 Å². The van der Waals surface area contributed by atoms with E-state index in [9.17, 15) is 9.65 Å². The lowest BCUT2D eigenvalue weighted by atomic mass is 9.77. The first-order valence-corrected chi connectivity index (χ1v) is 8.23. The van der Waals surface area contributed by atoms with E-state index < -0.39 is 5.41 Å². The Morgan fingerprint density at radius 2 is 2.04 bits per heavy atom. The van der Waals surface area contributed by atoms with Crippen molar-refractivity contribution in [3.63, 3.8) is 0 Å². The molecule has 3 aromatic rings. The Balaban J connectivity index is 1.94. The van der Waals surface area contributed by atoms with E-state index in [1.807, 2.05) is 18.2 Å². The summed E-state index contributed by atoms with van der Waals surface area (Å²) >= 11 is 6.13. The highest BCUT2D eigenvalue weighted by Crippen LogP contribution is 2.32. The molecule has 0 fully saturated rings. The van der Waals surface area contributed by atoms with Crippen LogP contribution in [0.3, 0.4) is 0 Å². The average molecular weight is 355 g/mol. The average Bonchev–Trinajstić information content (AvgIpc) is 3.12. The van der Waals surface area contributed by atoms with Crippen molar-refractivity contribution >= 4 is 11.6 Å². The second-order valence-electron chi connectivity index (χ2n) is 5.93. The van der Waals surface area contributed by atoms with Gasteiger partial charge in [-0.15, -0.1) is 0 Å². The first-order valence-electron chi connectivity index (χ1n) is 7.85. The van der Waals surface area contributed by atoms with Crippen LogP contribution in [-0.2, 0) is 18.4 Å². The predicted octanol–water partition coefficient (Wildman–Crippen LogP) is 4.16. The van der Waals surface area contributed by atoms with Gasteiger partial charge in [-0.2, -0.15) is 10.4 Å². The van der Waals surface area contributed by atoms with Crippen LogP contribution < -0.4 is 0 Å². The first kappa shape index (κ1) is 17.1. The molecule has 1 heterocycles. The number of nitriles is 1. The molecule has 0 N–H and O–H groups in total. The number of aryl methyl sites for hydroxylation is 1. The summed E-state index contributed by atoms with van der Waals surface area (Å²) < 4.78 is 15.1. The minimum atomic E-state index is -0.842. The molecule has 0 saturated heterocycles. The first-order chi connectivity index (χ1) is 12.1. The molecule has 1 unspecified atom stereocenters. The molecule has 0 aliphatic rings. The van der Waals surface area contributed by atoms with E-state index in [4.69, 9.17) is 11.6 Å². The fourth-order valence-corrected chi connectivity index (χ4v) is 3.09. The van der Waals surface area contributed by atoms with E-state index in [0.29, 0.717) is 24.4 Å². The van der Waals surface area contributed by atoms with Crippen molar-refractivity contribution in [3.8, 4) is 6.07 Å². The molecule has 0 aliphatic carbocycles. The van der Waals surface area contributed by atoms with Crippen LogP contribution in [0.2, 0.25) is 5.02 Å². The smallest absolute Gasteiger partial charge is 0.137 e. The third-order valence-corrected chi connectivity index (χ3v) is 4.45. The van der Waals surface area contributed by atoms with Crippen LogP contribution in [0.1, 0.15) is 17.5 Å². The Labute approximate surface area is 150 Å². The maximum atomic E-state index is 13.4. The second-order valence-corrected chi connectivity index (χ2v) is 6.36. The van der Waals surface area contributed by atoms with E-state index in [1.165, 1.54) is 18.5 Å². The van der Waals surface area contributed by atoms with Gasteiger partial charge in [-0.25, -0.2) is 9.37 Å². The highest BCUT2D eigenvalue weighted by Gasteiger charge is 2.33. The lowest BCUT2D eigenvalue weighted by Gasteiger charge is -2.27. The Bertz CT molecular complexity index is 888. The van der Waals surface area contributed by atoms with Gasteiger partial charge in [0.15, 0.2) is 0 Å². The van der Waals surface area contributed by atoms with Crippen molar-refractivity contribution in [1.29, 1.82) is 5.26 Å². The van der Waals surface area contributed by atoms with E-state index in [2.05, 4.69) is 16.2 Å². The van der Waals surface area contributed by atoms with Gasteiger partial charge in [0.2, 0.25) is 0 Å². The number of rotatable bonds is 6. The molecule has 4 nitrogen and oxygen atoms in total. The molecule has 126 valence electrons. The number of hydrogen-bond donors (Lipinski definition) is 0. The highest BCUT2D eigenvalue weighted by atomic mass is 35.5. The molecular formula is C19H16ClFN4. The zero-order chi connectivity index (χ0) is 17.7. The van der Waals surface area contributed by atoms with Crippen LogP contribution >= 0.6 is 11.6 Å². The molecule has 1 atom stereocenters. The largest absolute Gasteiger partial charge is 0.251 e. The van der Waals surface area contributed by atoms with Gasteiger partial charge in [0.05, 0.1) is 12.6 Å². The zero-order valence-electron chi connectivity index (χ0n) is 13.4. The summed E-state index contributed by atoms with van der Waals surface area (Å²) in [5.41, 5.74) is 0.819. The second kappa shape index (κ2) is 7.45. The van der Waals surface area contributed by atoms with Crippen molar-refractivity contribution in [3.05, 3.63) is 83.2 Å². The number of halogens is 2. The molecule has 0 radical (unpaired) electrons. The molecule has 3 rings (SSSR count). The summed E-state index contributed by atoms with van der Waals surface area (Å²) in [6, 6.07) is 16.2. The van der Waals surface area contributed by atoms with E-state index in [1.54, 1.807) is 29.2 Å². The molecule has 0 spiro atoms. The van der Waals surface area contributed by atoms with Gasteiger partial charge in [-0.05, 0) is 48.2 Å². The van der Waals surface area contributed by atoms with Crippen molar-refractivity contribution in [2.75, 3.05) is 0 Å². The fourth-order valence-electron chi connectivity index (χ4n) is 2.90. The van der Waals surface area contributed by atoms with E-state index in [-0.39, 0.29) is 5.82 Å². The van der Waals surface area contributed by atoms with Gasteiger partial charge in [0, 0.05) is 5.02 Å². The molecule has 0 aliphatic heterocycles. The van der Waals surface area contributed by atoms with Crippen LogP contribution in [0.25, 0.3) is 0 Å². The molecule has 0 saturated carbocycles. The van der Waals surface area contributed by atoms with Crippen LogP contribution in [-0.4, -0.2) is 14.8 Å². The van der Waals surface area contributed by atoms with Crippen molar-refractivity contribution < 1.29 is 4.39 Å².